The number of aliphatic hydroxyl groups excluding tert-OH is 4. The molecule has 0 aromatic rings. The summed E-state index contributed by atoms with van der Waals surface area (Å²) >= 11 is 0. The standard InChI is InChI=1S/C18H26N2O10/c21-1-5-27-19(28-6-2-22)15(25)17-9-12-10(17)14-11(17)13(9)18(12,14)16(26)20(29-7-3-23)30-8-4-24/h9-14,21-24H,1-8H2. The number of carbonyl (C=O) groups excluding carboxylic acids is 2. The molecule has 0 saturated heterocycles. The second-order valence-electron chi connectivity index (χ2n) is 8.37. The molecule has 0 spiro atoms. The van der Waals surface area contributed by atoms with Crippen LogP contribution in [0, 0.1) is 46.3 Å². The Bertz CT molecular complexity index is 602. The number of hydroxylamine groups is 4. The molecule has 6 rings (SSSR count). The van der Waals surface area contributed by atoms with Crippen molar-refractivity contribution in [2.75, 3.05) is 52.9 Å². The van der Waals surface area contributed by atoms with Gasteiger partial charge in [-0.1, -0.05) is 10.5 Å². The Kier molecular flexibility index (Phi) is 4.83. The second kappa shape index (κ2) is 7.07. The van der Waals surface area contributed by atoms with Crippen LogP contribution < -0.4 is 0 Å². The lowest BCUT2D eigenvalue weighted by Crippen LogP contribution is -3.12. The quantitative estimate of drug-likeness (QED) is 0.210. The molecule has 6 aliphatic rings. The van der Waals surface area contributed by atoms with E-state index in [0.717, 1.165) is 10.5 Å². The molecule has 0 aromatic heterocycles. The van der Waals surface area contributed by atoms with E-state index >= 15 is 0 Å². The average molecular weight is 430 g/mol. The Morgan fingerprint density at radius 1 is 0.567 bits per heavy atom. The zero-order valence-corrected chi connectivity index (χ0v) is 16.3. The maximum absolute atomic E-state index is 13.1. The third kappa shape index (κ3) is 1.95. The van der Waals surface area contributed by atoms with Crippen LogP contribution in [0.25, 0.3) is 0 Å². The molecule has 6 aliphatic carbocycles. The van der Waals surface area contributed by atoms with Gasteiger partial charge in [0.2, 0.25) is 0 Å². The molecule has 30 heavy (non-hydrogen) atoms. The van der Waals surface area contributed by atoms with Gasteiger partial charge in [-0.2, -0.15) is 0 Å². The summed E-state index contributed by atoms with van der Waals surface area (Å²) in [5.41, 5.74) is -1.15. The number of hydrogen-bond donors (Lipinski definition) is 4. The fourth-order valence-corrected chi connectivity index (χ4v) is 7.50. The van der Waals surface area contributed by atoms with Gasteiger partial charge in [0.05, 0.1) is 37.3 Å². The van der Waals surface area contributed by atoms with E-state index in [1.165, 1.54) is 0 Å². The lowest BCUT2D eigenvalue weighted by Gasteiger charge is -3.09. The van der Waals surface area contributed by atoms with Crippen LogP contribution in [0.5, 0.6) is 0 Å². The van der Waals surface area contributed by atoms with E-state index in [4.69, 9.17) is 39.8 Å². The van der Waals surface area contributed by atoms with Gasteiger partial charge < -0.3 is 20.4 Å². The van der Waals surface area contributed by atoms with Crippen molar-refractivity contribution in [2.24, 2.45) is 46.3 Å². The molecule has 6 fully saturated rings. The zero-order chi connectivity index (χ0) is 21.3. The highest BCUT2D eigenvalue weighted by Gasteiger charge is 3.13. The second-order valence-corrected chi connectivity index (χ2v) is 8.37. The van der Waals surface area contributed by atoms with Gasteiger partial charge in [0.15, 0.2) is 0 Å². The fourth-order valence-electron chi connectivity index (χ4n) is 7.50. The average Bonchev–Trinajstić information content (AvgIpc) is 2.78. The van der Waals surface area contributed by atoms with Crippen LogP contribution in [0.2, 0.25) is 0 Å². The van der Waals surface area contributed by atoms with Crippen LogP contribution in [0.4, 0.5) is 0 Å². The summed E-state index contributed by atoms with van der Waals surface area (Å²) in [7, 11) is 0. The SMILES string of the molecule is O=C(N(OCCO)OCCO)C12C3C4C1C1C2C3C41C(=O)N(OCCO)OCCO. The molecule has 0 aliphatic heterocycles. The molecule has 4 N–H and O–H groups in total. The molecule has 6 saturated carbocycles. The van der Waals surface area contributed by atoms with E-state index in [-0.39, 0.29) is 100 Å². The Hall–Kier alpha value is -1.38. The fraction of sp³-hybridized carbons (Fsp3) is 0.889. The predicted molar refractivity (Wildman–Crippen MR) is 91.6 cm³/mol. The van der Waals surface area contributed by atoms with Crippen LogP contribution in [0.3, 0.4) is 0 Å². The summed E-state index contributed by atoms with van der Waals surface area (Å²) in [6, 6.07) is 0. The van der Waals surface area contributed by atoms with Crippen molar-refractivity contribution in [2.45, 2.75) is 0 Å². The summed E-state index contributed by atoms with van der Waals surface area (Å²) < 4.78 is 0. The number of aliphatic hydroxyl groups is 4. The van der Waals surface area contributed by atoms with E-state index in [0.29, 0.717) is 0 Å². The van der Waals surface area contributed by atoms with Gasteiger partial charge in [0.25, 0.3) is 11.8 Å². The number of amides is 2. The highest BCUT2D eigenvalue weighted by atomic mass is 17.0. The van der Waals surface area contributed by atoms with Gasteiger partial charge in [-0.05, 0) is 35.5 Å². The van der Waals surface area contributed by atoms with Crippen molar-refractivity contribution in [3.63, 3.8) is 0 Å². The van der Waals surface area contributed by atoms with E-state index < -0.39 is 10.8 Å². The van der Waals surface area contributed by atoms with Gasteiger partial charge >= 0.3 is 0 Å². The Morgan fingerprint density at radius 2 is 0.800 bits per heavy atom. The topological polar surface area (TPSA) is 158 Å². The summed E-state index contributed by atoms with van der Waals surface area (Å²) in [6.45, 7) is -1.54. The van der Waals surface area contributed by atoms with Gasteiger partial charge in [-0.25, -0.2) is 19.4 Å². The molecule has 12 nitrogen and oxygen atoms in total. The van der Waals surface area contributed by atoms with Crippen molar-refractivity contribution >= 4 is 11.8 Å². The normalized spacial score (nSPS) is 42.1. The molecule has 0 aromatic carbocycles. The molecule has 0 unspecified atom stereocenters. The first kappa shape index (κ1) is 20.5. The van der Waals surface area contributed by atoms with Crippen LogP contribution in [0.1, 0.15) is 0 Å². The van der Waals surface area contributed by atoms with E-state index in [1.54, 1.807) is 0 Å². The van der Waals surface area contributed by atoms with Crippen LogP contribution in [-0.4, -0.2) is 95.5 Å². The maximum atomic E-state index is 13.1. The van der Waals surface area contributed by atoms with Gasteiger partial charge in [0.1, 0.15) is 26.4 Å². The van der Waals surface area contributed by atoms with Gasteiger partial charge in [-0.15, -0.1) is 0 Å². The minimum Gasteiger partial charge on any atom is -0.394 e. The third-order valence-corrected chi connectivity index (χ3v) is 7.90. The van der Waals surface area contributed by atoms with Crippen molar-refractivity contribution in [3.8, 4) is 0 Å². The molecule has 12 heteroatoms. The molecular formula is C18H26N2O10. The molecule has 0 atom stereocenters. The van der Waals surface area contributed by atoms with Crippen molar-refractivity contribution in [3.05, 3.63) is 0 Å². The van der Waals surface area contributed by atoms with Gasteiger partial charge in [-0.3, -0.25) is 9.59 Å². The summed E-state index contributed by atoms with van der Waals surface area (Å²) in [5, 5.41) is 37.5. The van der Waals surface area contributed by atoms with Crippen LogP contribution in [0.15, 0.2) is 0 Å². The largest absolute Gasteiger partial charge is 0.394 e. The highest BCUT2D eigenvalue weighted by Crippen LogP contribution is 3.10. The minimum absolute atomic E-state index is 0.0736. The maximum Gasteiger partial charge on any atom is 0.280 e. The molecule has 0 bridgehead atoms. The monoisotopic (exact) mass is 430 g/mol. The third-order valence-electron chi connectivity index (χ3n) is 7.90. The number of nitrogens with zero attached hydrogens (tertiary/aromatic N) is 2. The lowest BCUT2D eigenvalue weighted by atomic mass is 8.92. The summed E-state index contributed by atoms with van der Waals surface area (Å²) in [4.78, 5) is 47.2. The van der Waals surface area contributed by atoms with E-state index in [2.05, 4.69) is 0 Å². The van der Waals surface area contributed by atoms with Crippen molar-refractivity contribution in [1.29, 1.82) is 0 Å². The van der Waals surface area contributed by atoms with Crippen molar-refractivity contribution in [1.82, 2.24) is 10.5 Å². The first-order valence-electron chi connectivity index (χ1n) is 10.2. The van der Waals surface area contributed by atoms with Crippen molar-refractivity contribution < 1.29 is 49.4 Å². The predicted octanol–water partition coefficient (Wildman–Crippen LogP) is -2.92. The molecule has 0 radical (unpaired) electrons. The van der Waals surface area contributed by atoms with E-state index in [1.807, 2.05) is 0 Å². The Labute approximate surface area is 171 Å². The van der Waals surface area contributed by atoms with Crippen LogP contribution >= 0.6 is 0 Å². The number of hydrogen-bond acceptors (Lipinski definition) is 10. The smallest absolute Gasteiger partial charge is 0.280 e. The van der Waals surface area contributed by atoms with E-state index in [9.17, 15) is 9.59 Å². The highest BCUT2D eigenvalue weighted by molar-refractivity contribution is 5.99. The summed E-state index contributed by atoms with van der Waals surface area (Å²) in [6.07, 6.45) is 0. The molecule has 2 amide bonds. The van der Waals surface area contributed by atoms with Crippen LogP contribution in [-0.2, 0) is 28.9 Å². The number of carbonyl (C=O) groups is 2. The number of rotatable bonds is 14. The summed E-state index contributed by atoms with van der Waals surface area (Å²) in [5.74, 6) is -0.172. The Balaban J connectivity index is 1.27. The first-order chi connectivity index (χ1) is 14.6. The molecule has 168 valence electrons. The Morgan fingerprint density at radius 3 is 1.00 bits per heavy atom. The van der Waals surface area contributed by atoms with Gasteiger partial charge in [0, 0.05) is 0 Å². The lowest BCUT2D eigenvalue weighted by molar-refractivity contribution is -0.633. The first-order valence-corrected chi connectivity index (χ1v) is 10.2. The minimum atomic E-state index is -0.574. The molecule has 0 heterocycles. The molecular weight excluding hydrogens is 404 g/mol. The zero-order valence-electron chi connectivity index (χ0n) is 16.3.